The van der Waals surface area contributed by atoms with Crippen molar-refractivity contribution in [1.29, 1.82) is 0 Å². The summed E-state index contributed by atoms with van der Waals surface area (Å²) in [5, 5.41) is 10.3. The normalized spacial score (nSPS) is 12.6. The molecule has 1 aromatic carbocycles. The van der Waals surface area contributed by atoms with E-state index < -0.39 is 0 Å². The molecule has 0 saturated carbocycles. The van der Waals surface area contributed by atoms with Crippen molar-refractivity contribution in [2.24, 2.45) is 4.99 Å². The second-order valence-corrected chi connectivity index (χ2v) is 7.08. The highest BCUT2D eigenvalue weighted by Gasteiger charge is 2.08. The van der Waals surface area contributed by atoms with Crippen molar-refractivity contribution in [3.05, 3.63) is 58.4 Å². The number of hydrogen-bond acceptors (Lipinski definition) is 2. The molecule has 0 aliphatic rings. The average molecular weight is 482 g/mol. The maximum Gasteiger partial charge on any atom is 0.191 e. The largest absolute Gasteiger partial charge is 0.361 e. The van der Waals surface area contributed by atoms with Crippen LogP contribution in [0.25, 0.3) is 10.9 Å². The summed E-state index contributed by atoms with van der Waals surface area (Å²) in [6.45, 7) is 5.95. The van der Waals surface area contributed by atoms with Gasteiger partial charge in [0.25, 0.3) is 0 Å². The van der Waals surface area contributed by atoms with Crippen molar-refractivity contribution < 1.29 is 0 Å². The molecule has 0 radical (unpaired) electrons. The third-order valence-electron chi connectivity index (χ3n) is 4.22. The number of H-pyrrole nitrogens is 1. The van der Waals surface area contributed by atoms with Gasteiger partial charge in [0, 0.05) is 35.1 Å². The lowest BCUT2D eigenvalue weighted by molar-refractivity contribution is 0.694. The highest BCUT2D eigenvalue weighted by molar-refractivity contribution is 14.0. The first-order chi connectivity index (χ1) is 12.3. The molecule has 0 aliphatic heterocycles. The summed E-state index contributed by atoms with van der Waals surface area (Å²) in [6.07, 6.45) is 4.19. The third-order valence-corrected chi connectivity index (χ3v) is 5.27. The number of para-hydroxylation sites is 1. The lowest BCUT2D eigenvalue weighted by atomic mass is 10.1. The summed E-state index contributed by atoms with van der Waals surface area (Å²) in [4.78, 5) is 9.40. The lowest BCUT2D eigenvalue weighted by Crippen LogP contribution is -2.38. The van der Waals surface area contributed by atoms with Crippen LogP contribution in [0.15, 0.2) is 53.0 Å². The molecule has 0 amide bonds. The Balaban J connectivity index is 0.00000243. The number of hydrogen-bond donors (Lipinski definition) is 3. The Hall–Kier alpha value is -1.54. The number of thiophene rings is 1. The minimum atomic E-state index is 0. The van der Waals surface area contributed by atoms with Crippen LogP contribution >= 0.6 is 35.3 Å². The topological polar surface area (TPSA) is 52.2 Å². The van der Waals surface area contributed by atoms with Crippen molar-refractivity contribution in [3.63, 3.8) is 0 Å². The van der Waals surface area contributed by atoms with Gasteiger partial charge < -0.3 is 15.6 Å². The molecule has 26 heavy (non-hydrogen) atoms. The molecule has 0 bridgehead atoms. The van der Waals surface area contributed by atoms with Crippen LogP contribution < -0.4 is 10.6 Å². The van der Waals surface area contributed by atoms with Crippen molar-refractivity contribution in [3.8, 4) is 0 Å². The smallest absolute Gasteiger partial charge is 0.191 e. The Morgan fingerprint density at radius 2 is 2.08 bits per heavy atom. The molecule has 1 atom stereocenters. The van der Waals surface area contributed by atoms with Gasteiger partial charge in [0.1, 0.15) is 0 Å². The number of nitrogens with one attached hydrogen (secondary N) is 3. The van der Waals surface area contributed by atoms with E-state index in [1.807, 2.05) is 0 Å². The number of aromatic amines is 1. The summed E-state index contributed by atoms with van der Waals surface area (Å²) in [6, 6.07) is 13.0. The standard InChI is InChI=1S/C20H26N4S.HI/c1-3-21-20(24-15(2)19-11-7-13-25-19)22-12-6-8-16-14-23-18-10-5-4-9-17(16)18;/h4-5,7,9-11,13-15,23H,3,6,8,12H2,1-2H3,(H2,21,22,24);1H. The zero-order valence-corrected chi connectivity index (χ0v) is 18.4. The van der Waals surface area contributed by atoms with Gasteiger partial charge in [0.05, 0.1) is 6.04 Å². The molecule has 140 valence electrons. The summed E-state index contributed by atoms with van der Waals surface area (Å²) in [5.41, 5.74) is 2.58. The number of guanidine groups is 1. The number of halogens is 1. The first kappa shape index (κ1) is 20.8. The molecule has 0 spiro atoms. The third kappa shape index (κ3) is 5.48. The molecule has 3 aromatic rings. The predicted octanol–water partition coefficient (Wildman–Crippen LogP) is 5.10. The van der Waals surface area contributed by atoms with Crippen LogP contribution in [0.5, 0.6) is 0 Å². The van der Waals surface area contributed by atoms with Gasteiger partial charge in [0.2, 0.25) is 0 Å². The molecule has 2 aromatic heterocycles. The van der Waals surface area contributed by atoms with Gasteiger partial charge in [-0.25, -0.2) is 0 Å². The molecule has 3 rings (SSSR count). The fourth-order valence-electron chi connectivity index (χ4n) is 2.93. The predicted molar refractivity (Wildman–Crippen MR) is 124 cm³/mol. The minimum Gasteiger partial charge on any atom is -0.361 e. The highest BCUT2D eigenvalue weighted by Crippen LogP contribution is 2.19. The quantitative estimate of drug-likeness (QED) is 0.190. The van der Waals surface area contributed by atoms with Crippen LogP contribution in [0, 0.1) is 0 Å². The van der Waals surface area contributed by atoms with Crippen LogP contribution in [-0.2, 0) is 6.42 Å². The van der Waals surface area contributed by atoms with Crippen molar-refractivity contribution in [1.82, 2.24) is 15.6 Å². The Kier molecular flexibility index (Phi) is 8.44. The van der Waals surface area contributed by atoms with E-state index in [0.29, 0.717) is 0 Å². The van der Waals surface area contributed by atoms with Gasteiger partial charge in [0.15, 0.2) is 5.96 Å². The van der Waals surface area contributed by atoms with Crippen LogP contribution in [-0.4, -0.2) is 24.0 Å². The van der Waals surface area contributed by atoms with Crippen molar-refractivity contribution in [2.45, 2.75) is 32.7 Å². The number of rotatable bonds is 7. The lowest BCUT2D eigenvalue weighted by Gasteiger charge is -2.16. The molecular weight excluding hydrogens is 455 g/mol. The number of aryl methyl sites for hydroxylation is 1. The number of benzene rings is 1. The van der Waals surface area contributed by atoms with Crippen LogP contribution in [0.2, 0.25) is 0 Å². The second-order valence-electron chi connectivity index (χ2n) is 6.11. The van der Waals surface area contributed by atoms with E-state index in [4.69, 9.17) is 4.99 Å². The number of fused-ring (bicyclic) bond motifs is 1. The van der Waals surface area contributed by atoms with Crippen molar-refractivity contribution >= 4 is 52.2 Å². The van der Waals surface area contributed by atoms with E-state index in [9.17, 15) is 0 Å². The monoisotopic (exact) mass is 482 g/mol. The Bertz CT molecular complexity index is 810. The Morgan fingerprint density at radius 1 is 1.23 bits per heavy atom. The summed E-state index contributed by atoms with van der Waals surface area (Å²) in [7, 11) is 0. The molecular formula is C20H27IN4S. The molecule has 6 heteroatoms. The van der Waals surface area contributed by atoms with Crippen LogP contribution in [0.1, 0.15) is 36.8 Å². The number of nitrogens with zero attached hydrogens (tertiary/aromatic N) is 1. The summed E-state index contributed by atoms with van der Waals surface area (Å²) >= 11 is 1.77. The van der Waals surface area contributed by atoms with E-state index in [1.54, 1.807) is 11.3 Å². The Morgan fingerprint density at radius 3 is 2.85 bits per heavy atom. The molecule has 2 heterocycles. The zero-order valence-electron chi connectivity index (χ0n) is 15.3. The Labute approximate surface area is 176 Å². The van der Waals surface area contributed by atoms with Gasteiger partial charge in [-0.3, -0.25) is 4.99 Å². The van der Waals surface area contributed by atoms with Gasteiger partial charge in [-0.2, -0.15) is 0 Å². The molecule has 0 fully saturated rings. The molecule has 0 saturated heterocycles. The van der Waals surface area contributed by atoms with Gasteiger partial charge in [-0.15, -0.1) is 35.3 Å². The second kappa shape index (κ2) is 10.6. The highest BCUT2D eigenvalue weighted by atomic mass is 127. The molecule has 4 nitrogen and oxygen atoms in total. The number of aromatic nitrogens is 1. The maximum absolute atomic E-state index is 4.73. The minimum absolute atomic E-state index is 0. The molecule has 1 unspecified atom stereocenters. The summed E-state index contributed by atoms with van der Waals surface area (Å²) in [5.74, 6) is 0.891. The molecule has 3 N–H and O–H groups in total. The van der Waals surface area contributed by atoms with E-state index in [-0.39, 0.29) is 30.0 Å². The summed E-state index contributed by atoms with van der Waals surface area (Å²) < 4.78 is 0. The zero-order chi connectivity index (χ0) is 17.5. The fraction of sp³-hybridized carbons (Fsp3) is 0.350. The maximum atomic E-state index is 4.73. The van der Waals surface area contributed by atoms with E-state index in [2.05, 4.69) is 77.4 Å². The van der Waals surface area contributed by atoms with Gasteiger partial charge >= 0.3 is 0 Å². The van der Waals surface area contributed by atoms with Crippen LogP contribution in [0.3, 0.4) is 0 Å². The van der Waals surface area contributed by atoms with Gasteiger partial charge in [-0.05, 0) is 49.8 Å². The first-order valence-corrected chi connectivity index (χ1v) is 9.79. The number of aliphatic imine (C=N–C) groups is 1. The average Bonchev–Trinajstić information content (AvgIpc) is 3.29. The van der Waals surface area contributed by atoms with Gasteiger partial charge in [-0.1, -0.05) is 24.3 Å². The van der Waals surface area contributed by atoms with E-state index in [0.717, 1.165) is 31.9 Å². The molecule has 0 aliphatic carbocycles. The van der Waals surface area contributed by atoms with E-state index in [1.165, 1.54) is 21.3 Å². The van der Waals surface area contributed by atoms with Crippen LogP contribution in [0.4, 0.5) is 0 Å². The SMILES string of the molecule is CCNC(=NCCCc1c[nH]c2ccccc12)NC(C)c1cccs1.I. The fourth-order valence-corrected chi connectivity index (χ4v) is 3.67. The van der Waals surface area contributed by atoms with E-state index >= 15 is 0 Å². The first-order valence-electron chi connectivity index (χ1n) is 8.91. The van der Waals surface area contributed by atoms with Crippen molar-refractivity contribution in [2.75, 3.05) is 13.1 Å².